The second-order valence-electron chi connectivity index (χ2n) is 7.38. The molecule has 3 aromatic rings. The van der Waals surface area contributed by atoms with Crippen molar-refractivity contribution >= 4 is 16.9 Å². The number of nitrogens with zero attached hydrogens (tertiary/aromatic N) is 5. The smallest absolute Gasteiger partial charge is 0.329 e. The van der Waals surface area contributed by atoms with Crippen molar-refractivity contribution in [3.8, 4) is 0 Å². The molecule has 0 radical (unpaired) electrons. The third kappa shape index (κ3) is 3.24. The average Bonchev–Trinajstić information content (AvgIpc) is 3.15. The molecule has 148 valence electrons. The summed E-state index contributed by atoms with van der Waals surface area (Å²) in [6, 6.07) is 7.55. The number of imidazole rings is 1. The fourth-order valence-electron chi connectivity index (χ4n) is 3.86. The van der Waals surface area contributed by atoms with Gasteiger partial charge in [0.25, 0.3) is 0 Å². The van der Waals surface area contributed by atoms with Crippen molar-refractivity contribution in [3.63, 3.8) is 0 Å². The highest BCUT2D eigenvalue weighted by atomic mass is 16.5. The zero-order chi connectivity index (χ0) is 19.8. The zero-order valence-corrected chi connectivity index (χ0v) is 16.5. The van der Waals surface area contributed by atoms with Crippen LogP contribution in [0, 0.1) is 13.8 Å². The SMILES string of the molecule is Cc1noc(C)c1CN1CCN(C(=O)Cn2c(=O)n(C)c3ccccc32)CC1. The first-order valence-electron chi connectivity index (χ1n) is 9.52. The monoisotopic (exact) mass is 383 g/mol. The fraction of sp³-hybridized carbons (Fsp3) is 0.450. The van der Waals surface area contributed by atoms with E-state index in [9.17, 15) is 9.59 Å². The minimum absolute atomic E-state index is 0.0181. The molecule has 0 spiro atoms. The molecule has 0 atom stereocenters. The van der Waals surface area contributed by atoms with E-state index in [1.165, 1.54) is 0 Å². The highest BCUT2D eigenvalue weighted by molar-refractivity contribution is 5.81. The topological polar surface area (TPSA) is 76.5 Å². The lowest BCUT2D eigenvalue weighted by molar-refractivity contribution is -0.133. The number of benzene rings is 1. The fourth-order valence-corrected chi connectivity index (χ4v) is 3.86. The molecule has 0 bridgehead atoms. The van der Waals surface area contributed by atoms with Gasteiger partial charge in [-0.25, -0.2) is 4.79 Å². The van der Waals surface area contributed by atoms with Gasteiger partial charge in [-0.15, -0.1) is 0 Å². The largest absolute Gasteiger partial charge is 0.361 e. The number of para-hydroxylation sites is 2. The summed E-state index contributed by atoms with van der Waals surface area (Å²) < 4.78 is 8.39. The number of hydrogen-bond donors (Lipinski definition) is 0. The van der Waals surface area contributed by atoms with Gasteiger partial charge in [0.05, 0.1) is 16.7 Å². The molecule has 8 heteroatoms. The van der Waals surface area contributed by atoms with Crippen LogP contribution in [-0.4, -0.2) is 56.2 Å². The molecular formula is C20H25N5O3. The molecule has 2 aromatic heterocycles. The normalized spacial score (nSPS) is 15.5. The lowest BCUT2D eigenvalue weighted by Crippen LogP contribution is -2.49. The number of aromatic nitrogens is 3. The second-order valence-corrected chi connectivity index (χ2v) is 7.38. The molecule has 4 rings (SSSR count). The molecule has 1 amide bonds. The average molecular weight is 383 g/mol. The molecule has 28 heavy (non-hydrogen) atoms. The lowest BCUT2D eigenvalue weighted by atomic mass is 10.2. The molecule has 1 aliphatic heterocycles. The van der Waals surface area contributed by atoms with Gasteiger partial charge in [0.2, 0.25) is 5.91 Å². The minimum Gasteiger partial charge on any atom is -0.361 e. The van der Waals surface area contributed by atoms with Gasteiger partial charge < -0.3 is 9.42 Å². The summed E-state index contributed by atoms with van der Waals surface area (Å²) in [4.78, 5) is 29.5. The van der Waals surface area contributed by atoms with E-state index < -0.39 is 0 Å². The molecule has 0 aliphatic carbocycles. The Morgan fingerprint density at radius 3 is 2.43 bits per heavy atom. The van der Waals surface area contributed by atoms with E-state index in [0.717, 1.165) is 47.7 Å². The van der Waals surface area contributed by atoms with Gasteiger partial charge in [-0.2, -0.15) is 0 Å². The molecule has 3 heterocycles. The van der Waals surface area contributed by atoms with Crippen LogP contribution in [0.25, 0.3) is 11.0 Å². The van der Waals surface area contributed by atoms with Crippen LogP contribution in [0.15, 0.2) is 33.6 Å². The Morgan fingerprint density at radius 2 is 1.79 bits per heavy atom. The van der Waals surface area contributed by atoms with Crippen LogP contribution in [-0.2, 0) is 24.9 Å². The summed E-state index contributed by atoms with van der Waals surface area (Å²) in [6.07, 6.45) is 0. The van der Waals surface area contributed by atoms with Crippen LogP contribution in [0.2, 0.25) is 0 Å². The first kappa shape index (κ1) is 18.5. The highest BCUT2D eigenvalue weighted by Gasteiger charge is 2.24. The van der Waals surface area contributed by atoms with Gasteiger partial charge in [-0.05, 0) is 26.0 Å². The maximum absolute atomic E-state index is 12.8. The summed E-state index contributed by atoms with van der Waals surface area (Å²) in [5, 5.41) is 4.01. The van der Waals surface area contributed by atoms with Crippen molar-refractivity contribution in [3.05, 3.63) is 51.8 Å². The van der Waals surface area contributed by atoms with E-state index >= 15 is 0 Å². The number of carbonyl (C=O) groups excluding carboxylic acids is 1. The van der Waals surface area contributed by atoms with Crippen LogP contribution >= 0.6 is 0 Å². The third-order valence-corrected chi connectivity index (χ3v) is 5.63. The molecule has 8 nitrogen and oxygen atoms in total. The van der Waals surface area contributed by atoms with E-state index in [1.807, 2.05) is 43.0 Å². The third-order valence-electron chi connectivity index (χ3n) is 5.63. The Kier molecular flexibility index (Phi) is 4.80. The predicted molar refractivity (Wildman–Crippen MR) is 105 cm³/mol. The number of amides is 1. The second kappa shape index (κ2) is 7.27. The molecule has 0 saturated carbocycles. The number of aryl methyl sites for hydroxylation is 3. The van der Waals surface area contributed by atoms with Crippen molar-refractivity contribution in [2.75, 3.05) is 26.2 Å². The van der Waals surface area contributed by atoms with Crippen LogP contribution in [0.5, 0.6) is 0 Å². The number of hydrogen-bond acceptors (Lipinski definition) is 5. The zero-order valence-electron chi connectivity index (χ0n) is 16.5. The van der Waals surface area contributed by atoms with Crippen LogP contribution < -0.4 is 5.69 Å². The molecule has 1 aliphatic rings. The van der Waals surface area contributed by atoms with E-state index in [2.05, 4.69) is 10.1 Å². The summed E-state index contributed by atoms with van der Waals surface area (Å²) in [5.74, 6) is 0.835. The molecular weight excluding hydrogens is 358 g/mol. The first-order chi connectivity index (χ1) is 13.5. The van der Waals surface area contributed by atoms with Crippen molar-refractivity contribution < 1.29 is 9.32 Å². The van der Waals surface area contributed by atoms with Crippen LogP contribution in [0.3, 0.4) is 0 Å². The summed E-state index contributed by atoms with van der Waals surface area (Å²) in [5.41, 5.74) is 3.52. The van der Waals surface area contributed by atoms with Crippen molar-refractivity contribution in [1.29, 1.82) is 0 Å². The Hall–Kier alpha value is -2.87. The quantitative estimate of drug-likeness (QED) is 0.679. The number of carbonyl (C=O) groups is 1. The molecule has 0 unspecified atom stereocenters. The summed E-state index contributed by atoms with van der Waals surface area (Å²) in [7, 11) is 1.74. The summed E-state index contributed by atoms with van der Waals surface area (Å²) >= 11 is 0. The van der Waals surface area contributed by atoms with E-state index in [-0.39, 0.29) is 18.1 Å². The van der Waals surface area contributed by atoms with E-state index in [0.29, 0.717) is 13.1 Å². The van der Waals surface area contributed by atoms with Crippen LogP contribution in [0.1, 0.15) is 17.0 Å². The summed E-state index contributed by atoms with van der Waals surface area (Å²) in [6.45, 7) is 7.63. The predicted octanol–water partition coefficient (Wildman–Crippen LogP) is 1.29. The van der Waals surface area contributed by atoms with Crippen LogP contribution in [0.4, 0.5) is 0 Å². The Labute approximate surface area is 162 Å². The highest BCUT2D eigenvalue weighted by Crippen LogP contribution is 2.17. The lowest BCUT2D eigenvalue weighted by Gasteiger charge is -2.34. The van der Waals surface area contributed by atoms with Gasteiger partial charge in [0.15, 0.2) is 0 Å². The van der Waals surface area contributed by atoms with Crippen molar-refractivity contribution in [1.82, 2.24) is 24.1 Å². The maximum Gasteiger partial charge on any atom is 0.329 e. The van der Waals surface area contributed by atoms with Gasteiger partial charge in [-0.3, -0.25) is 18.8 Å². The Bertz CT molecular complexity index is 1050. The van der Waals surface area contributed by atoms with Crippen molar-refractivity contribution in [2.24, 2.45) is 7.05 Å². The number of fused-ring (bicyclic) bond motifs is 1. The van der Waals surface area contributed by atoms with Crippen molar-refractivity contribution in [2.45, 2.75) is 26.9 Å². The number of rotatable bonds is 4. The molecule has 1 fully saturated rings. The molecule has 1 saturated heterocycles. The van der Waals surface area contributed by atoms with Gasteiger partial charge >= 0.3 is 5.69 Å². The van der Waals surface area contributed by atoms with Gasteiger partial charge in [-0.1, -0.05) is 17.3 Å². The van der Waals surface area contributed by atoms with Gasteiger partial charge in [0, 0.05) is 45.3 Å². The van der Waals surface area contributed by atoms with E-state index in [1.54, 1.807) is 16.2 Å². The maximum atomic E-state index is 12.8. The van der Waals surface area contributed by atoms with E-state index in [4.69, 9.17) is 4.52 Å². The Morgan fingerprint density at radius 1 is 1.11 bits per heavy atom. The number of piperazine rings is 1. The Balaban J connectivity index is 1.41. The minimum atomic E-state index is -0.161. The molecule has 0 N–H and O–H groups in total. The molecule has 1 aromatic carbocycles. The van der Waals surface area contributed by atoms with Gasteiger partial charge in [0.1, 0.15) is 12.3 Å². The first-order valence-corrected chi connectivity index (χ1v) is 9.52. The standard InChI is InChI=1S/C20H25N5O3/c1-14-16(15(2)28-21-14)12-23-8-10-24(11-9-23)19(26)13-25-18-7-5-4-6-17(18)22(3)20(25)27/h4-7H,8-13H2,1-3H3.